The van der Waals surface area contributed by atoms with Crippen LogP contribution in [-0.4, -0.2) is 62.0 Å². The summed E-state index contributed by atoms with van der Waals surface area (Å²) in [7, 11) is 1.30. The summed E-state index contributed by atoms with van der Waals surface area (Å²) < 4.78 is 45.0. The first-order valence-corrected chi connectivity index (χ1v) is 17.4. The van der Waals surface area contributed by atoms with Crippen LogP contribution >= 0.6 is 18.7 Å². The quantitative estimate of drug-likeness (QED) is 0.258. The van der Waals surface area contributed by atoms with Crippen molar-refractivity contribution >= 4 is 47.2 Å². The first kappa shape index (κ1) is 30.7. The van der Waals surface area contributed by atoms with Crippen molar-refractivity contribution in [1.29, 1.82) is 0 Å². The van der Waals surface area contributed by atoms with Crippen molar-refractivity contribution in [2.24, 2.45) is 5.41 Å². The number of hydrogen-bond donors (Lipinski definition) is 1. The summed E-state index contributed by atoms with van der Waals surface area (Å²) in [5.41, 5.74) is 2.49. The van der Waals surface area contributed by atoms with Crippen LogP contribution in [0.15, 0.2) is 48.7 Å². The topological polar surface area (TPSA) is 70.6 Å². The molecule has 226 valence electrons. The van der Waals surface area contributed by atoms with Crippen molar-refractivity contribution in [2.75, 3.05) is 50.7 Å². The predicted octanol–water partition coefficient (Wildman–Crippen LogP) is 7.86. The molecule has 0 atom stereocenters. The number of halogens is 3. The van der Waals surface area contributed by atoms with Gasteiger partial charge in [0.2, 0.25) is 5.95 Å². The monoisotopic (exact) mass is 617 g/mol. The molecule has 1 saturated heterocycles. The lowest BCUT2D eigenvalue weighted by Gasteiger charge is -2.45. The van der Waals surface area contributed by atoms with Crippen LogP contribution in [0, 0.1) is 5.41 Å². The molecule has 11 heteroatoms. The Morgan fingerprint density at radius 3 is 2.48 bits per heavy atom. The number of rotatable bonds is 8. The molecule has 2 fully saturated rings. The molecule has 2 aliphatic rings. The second kappa shape index (κ2) is 12.5. The van der Waals surface area contributed by atoms with Crippen molar-refractivity contribution in [3.8, 4) is 5.75 Å². The van der Waals surface area contributed by atoms with Crippen LogP contribution < -0.4 is 20.3 Å². The number of nitrogens with zero attached hydrogens (tertiary/aromatic N) is 4. The highest BCUT2D eigenvalue weighted by atomic mass is 35.5. The maximum absolute atomic E-state index is 13.6. The van der Waals surface area contributed by atoms with Crippen LogP contribution in [0.25, 0.3) is 0 Å². The summed E-state index contributed by atoms with van der Waals surface area (Å²) in [5.74, 6) is 0.947. The molecule has 0 radical (unpaired) electrons. The molecule has 2 heterocycles. The van der Waals surface area contributed by atoms with Gasteiger partial charge >= 0.3 is 6.61 Å². The van der Waals surface area contributed by atoms with Gasteiger partial charge in [-0.25, -0.2) is 4.98 Å². The van der Waals surface area contributed by atoms with Gasteiger partial charge < -0.3 is 24.4 Å². The first-order chi connectivity index (χ1) is 19.9. The number of hydrogen-bond acceptors (Lipinski definition) is 7. The fourth-order valence-electron chi connectivity index (χ4n) is 6.30. The largest absolute Gasteiger partial charge is 0.433 e. The van der Waals surface area contributed by atoms with Gasteiger partial charge in [0, 0.05) is 12.4 Å². The standard InChI is InChI=1S/C31H39ClF2N5O2P/c1-38-17-15-31(16-18-38)13-11-21(12-14-31)22-9-10-25(26(19-22)41-29(33)34)39(2)30-35-20-23(32)28(37-30)36-24-7-5-6-8-27(24)42(3,4)40/h5-10,19-21,29H,11-18H2,1-4H3,(H,35,36,37). The summed E-state index contributed by atoms with van der Waals surface area (Å²) >= 11 is 6.43. The number of benzene rings is 2. The summed E-state index contributed by atoms with van der Waals surface area (Å²) in [5, 5.41) is 4.12. The minimum Gasteiger partial charge on any atom is -0.433 e. The second-order valence-corrected chi connectivity index (χ2v) is 15.7. The van der Waals surface area contributed by atoms with Gasteiger partial charge in [-0.15, -0.1) is 0 Å². The third kappa shape index (κ3) is 6.90. The minimum atomic E-state index is -2.97. The number of aromatic nitrogens is 2. The molecule has 3 aromatic rings. The van der Waals surface area contributed by atoms with Gasteiger partial charge in [0.1, 0.15) is 17.9 Å². The molecular weight excluding hydrogens is 579 g/mol. The predicted molar refractivity (Wildman–Crippen MR) is 167 cm³/mol. The lowest BCUT2D eigenvalue weighted by molar-refractivity contribution is -0.0495. The van der Waals surface area contributed by atoms with E-state index in [1.165, 1.54) is 31.9 Å². The summed E-state index contributed by atoms with van der Waals surface area (Å²) in [4.78, 5) is 12.9. The average molecular weight is 618 g/mol. The Morgan fingerprint density at radius 1 is 1.12 bits per heavy atom. The van der Waals surface area contributed by atoms with E-state index in [2.05, 4.69) is 27.2 Å². The fourth-order valence-corrected chi connectivity index (χ4v) is 7.59. The third-order valence-electron chi connectivity index (χ3n) is 8.90. The Bertz CT molecular complexity index is 1450. The molecule has 1 spiro atoms. The highest BCUT2D eigenvalue weighted by Crippen LogP contribution is 2.49. The third-order valence-corrected chi connectivity index (χ3v) is 10.7. The summed E-state index contributed by atoms with van der Waals surface area (Å²) in [6.45, 7) is 2.71. The zero-order valence-corrected chi connectivity index (χ0v) is 26.3. The molecule has 0 bridgehead atoms. The first-order valence-electron chi connectivity index (χ1n) is 14.4. The van der Waals surface area contributed by atoms with E-state index in [1.807, 2.05) is 24.3 Å². The number of ether oxygens (including phenoxy) is 1. The molecule has 1 saturated carbocycles. The number of para-hydroxylation sites is 1. The van der Waals surface area contributed by atoms with Crippen LogP contribution in [0.5, 0.6) is 5.75 Å². The molecule has 5 rings (SSSR count). The maximum Gasteiger partial charge on any atom is 0.387 e. The number of nitrogens with one attached hydrogen (secondary N) is 1. The molecule has 42 heavy (non-hydrogen) atoms. The van der Waals surface area contributed by atoms with Gasteiger partial charge in [0.25, 0.3) is 0 Å². The van der Waals surface area contributed by atoms with Crippen LogP contribution in [0.3, 0.4) is 0 Å². The number of likely N-dealkylation sites (tertiary alicyclic amines) is 1. The normalized spacial score (nSPS) is 17.9. The van der Waals surface area contributed by atoms with Gasteiger partial charge in [-0.1, -0.05) is 29.8 Å². The molecule has 0 amide bonds. The highest BCUT2D eigenvalue weighted by Gasteiger charge is 2.38. The van der Waals surface area contributed by atoms with Crippen molar-refractivity contribution in [1.82, 2.24) is 14.9 Å². The second-order valence-electron chi connectivity index (χ2n) is 12.1. The molecule has 2 aromatic carbocycles. The van der Waals surface area contributed by atoms with Gasteiger partial charge in [0.05, 0.1) is 17.6 Å². The minimum absolute atomic E-state index is 0.0842. The zero-order valence-electron chi connectivity index (χ0n) is 24.6. The number of piperidine rings is 1. The van der Waals surface area contributed by atoms with Crippen LogP contribution in [-0.2, 0) is 4.57 Å². The Balaban J connectivity index is 1.38. The Kier molecular flexibility index (Phi) is 9.12. The Morgan fingerprint density at radius 2 is 1.81 bits per heavy atom. The van der Waals surface area contributed by atoms with Gasteiger partial charge in [-0.2, -0.15) is 13.8 Å². The molecule has 1 aliphatic carbocycles. The van der Waals surface area contributed by atoms with E-state index in [0.29, 0.717) is 33.8 Å². The smallest absolute Gasteiger partial charge is 0.387 e. The van der Waals surface area contributed by atoms with Crippen molar-refractivity contribution in [3.05, 3.63) is 59.2 Å². The molecular formula is C31H39ClF2N5O2P. The van der Waals surface area contributed by atoms with Gasteiger partial charge in [-0.05, 0) is 113 Å². The van der Waals surface area contributed by atoms with Crippen molar-refractivity contribution in [2.45, 2.75) is 51.1 Å². The van der Waals surface area contributed by atoms with Gasteiger partial charge in [0.15, 0.2) is 5.82 Å². The SMILES string of the molecule is CN1CCC2(CCC(c3ccc(N(C)c4ncc(Cl)c(Nc5ccccc5P(C)(C)=O)n4)c(OC(F)F)c3)CC2)CC1. The van der Waals surface area contributed by atoms with E-state index in [1.54, 1.807) is 43.5 Å². The van der Waals surface area contributed by atoms with Crippen LogP contribution in [0.1, 0.15) is 50.0 Å². The highest BCUT2D eigenvalue weighted by molar-refractivity contribution is 7.70. The van der Waals surface area contributed by atoms with Crippen LogP contribution in [0.4, 0.5) is 31.9 Å². The maximum atomic E-state index is 13.6. The van der Waals surface area contributed by atoms with Crippen LogP contribution in [0.2, 0.25) is 5.02 Å². The molecule has 1 N–H and O–H groups in total. The van der Waals surface area contributed by atoms with E-state index in [0.717, 1.165) is 31.5 Å². The molecule has 0 unspecified atom stereocenters. The number of alkyl halides is 2. The Hall–Kier alpha value is -2.74. The van der Waals surface area contributed by atoms with Gasteiger partial charge in [-0.3, -0.25) is 0 Å². The molecule has 1 aliphatic heterocycles. The summed E-state index contributed by atoms with van der Waals surface area (Å²) in [6, 6.07) is 12.8. The van der Waals surface area contributed by atoms with Crippen molar-refractivity contribution < 1.29 is 18.1 Å². The lowest BCUT2D eigenvalue weighted by atomic mass is 9.64. The fraction of sp³-hybridized carbons (Fsp3) is 0.484. The van der Waals surface area contributed by atoms with E-state index >= 15 is 0 Å². The average Bonchev–Trinajstić information content (AvgIpc) is 2.95. The van der Waals surface area contributed by atoms with E-state index in [-0.39, 0.29) is 16.7 Å². The lowest BCUT2D eigenvalue weighted by Crippen LogP contribution is -2.39. The molecule has 1 aromatic heterocycles. The Labute approximate surface area is 252 Å². The number of anilines is 4. The van der Waals surface area contributed by atoms with E-state index in [9.17, 15) is 13.3 Å². The van der Waals surface area contributed by atoms with E-state index in [4.69, 9.17) is 16.3 Å². The zero-order chi connectivity index (χ0) is 30.1. The van der Waals surface area contributed by atoms with Crippen molar-refractivity contribution in [3.63, 3.8) is 0 Å². The summed E-state index contributed by atoms with van der Waals surface area (Å²) in [6.07, 6.45) is 8.35. The van der Waals surface area contributed by atoms with E-state index < -0.39 is 13.8 Å². The molecule has 7 nitrogen and oxygen atoms in total.